The summed E-state index contributed by atoms with van der Waals surface area (Å²) in [7, 11) is 0. The van der Waals surface area contributed by atoms with E-state index in [9.17, 15) is 4.79 Å². The highest BCUT2D eigenvalue weighted by molar-refractivity contribution is 7.98. The molecule has 0 spiro atoms. The van der Waals surface area contributed by atoms with E-state index >= 15 is 0 Å². The number of nitrogens with two attached hydrogens (primary N) is 1. The topological polar surface area (TPSA) is 55.1 Å². The fourth-order valence-corrected chi connectivity index (χ4v) is 2.17. The summed E-state index contributed by atoms with van der Waals surface area (Å²) in [6.45, 7) is 2.04. The molecule has 1 unspecified atom stereocenters. The number of anilines is 1. The van der Waals surface area contributed by atoms with Crippen molar-refractivity contribution in [3.8, 4) is 0 Å². The van der Waals surface area contributed by atoms with Crippen molar-refractivity contribution < 1.29 is 4.79 Å². The van der Waals surface area contributed by atoms with Crippen LogP contribution in [0.1, 0.15) is 18.9 Å². The highest BCUT2D eigenvalue weighted by Gasteiger charge is 2.07. The van der Waals surface area contributed by atoms with Gasteiger partial charge in [-0.2, -0.15) is 11.8 Å². The lowest BCUT2D eigenvalue weighted by Gasteiger charge is -2.13. The maximum Gasteiger partial charge on any atom is 0.224 e. The molecule has 0 heterocycles. The van der Waals surface area contributed by atoms with Crippen molar-refractivity contribution in [3.05, 3.63) is 29.8 Å². The molecule has 0 aromatic heterocycles. The summed E-state index contributed by atoms with van der Waals surface area (Å²) >= 11 is 1.80. The Hall–Kier alpha value is -1.16. The van der Waals surface area contributed by atoms with E-state index in [1.54, 1.807) is 11.8 Å². The molecule has 1 rings (SSSR count). The number of rotatable bonds is 6. The first-order valence-electron chi connectivity index (χ1n) is 5.74. The monoisotopic (exact) mass is 252 g/mol. The predicted octanol–water partition coefficient (Wildman–Crippen LogP) is 2.07. The first-order valence-corrected chi connectivity index (χ1v) is 7.14. The summed E-state index contributed by atoms with van der Waals surface area (Å²) in [5, 5.41) is 2.99. The first-order chi connectivity index (χ1) is 8.11. The van der Waals surface area contributed by atoms with E-state index in [-0.39, 0.29) is 11.9 Å². The van der Waals surface area contributed by atoms with Crippen LogP contribution in [0.4, 0.5) is 5.69 Å². The maximum absolute atomic E-state index is 11.7. The van der Waals surface area contributed by atoms with Gasteiger partial charge in [-0.05, 0) is 43.0 Å². The van der Waals surface area contributed by atoms with E-state index in [1.165, 1.54) is 0 Å². The molecule has 0 aliphatic rings. The van der Waals surface area contributed by atoms with Crippen molar-refractivity contribution in [1.82, 2.24) is 5.32 Å². The van der Waals surface area contributed by atoms with Gasteiger partial charge in [0.25, 0.3) is 0 Å². The minimum atomic E-state index is 0.0594. The van der Waals surface area contributed by atoms with Gasteiger partial charge in [0, 0.05) is 11.7 Å². The van der Waals surface area contributed by atoms with Crippen LogP contribution in [-0.2, 0) is 11.2 Å². The number of amides is 1. The lowest BCUT2D eigenvalue weighted by atomic mass is 10.1. The zero-order valence-corrected chi connectivity index (χ0v) is 11.2. The number of hydrogen-bond donors (Lipinski definition) is 2. The summed E-state index contributed by atoms with van der Waals surface area (Å²) in [6, 6.07) is 7.68. The highest BCUT2D eigenvalue weighted by Crippen LogP contribution is 2.07. The quantitative estimate of drug-likeness (QED) is 0.762. The fourth-order valence-electron chi connectivity index (χ4n) is 1.58. The van der Waals surface area contributed by atoms with E-state index in [0.717, 1.165) is 17.7 Å². The van der Waals surface area contributed by atoms with Gasteiger partial charge < -0.3 is 11.1 Å². The Labute approximate surface area is 107 Å². The third-order valence-corrected chi connectivity index (χ3v) is 3.12. The number of thioether (sulfide) groups is 1. The average Bonchev–Trinajstić information content (AvgIpc) is 2.26. The van der Waals surface area contributed by atoms with Crippen LogP contribution in [0.3, 0.4) is 0 Å². The third kappa shape index (κ3) is 5.63. The normalized spacial score (nSPS) is 12.1. The molecule has 0 fully saturated rings. The lowest BCUT2D eigenvalue weighted by Crippen LogP contribution is -2.34. The SMILES string of the molecule is CSCCC(C)NC(=O)Cc1cccc(N)c1. The van der Waals surface area contributed by atoms with Gasteiger partial charge in [-0.25, -0.2) is 0 Å². The molecule has 0 saturated heterocycles. The Bertz CT molecular complexity index is 368. The van der Waals surface area contributed by atoms with E-state index in [0.29, 0.717) is 12.1 Å². The number of hydrogen-bond acceptors (Lipinski definition) is 3. The number of benzene rings is 1. The van der Waals surface area contributed by atoms with Crippen LogP contribution in [0.5, 0.6) is 0 Å². The van der Waals surface area contributed by atoms with Gasteiger partial charge in [0.15, 0.2) is 0 Å². The molecule has 0 saturated carbocycles. The zero-order chi connectivity index (χ0) is 12.7. The minimum absolute atomic E-state index is 0.0594. The fraction of sp³-hybridized carbons (Fsp3) is 0.462. The summed E-state index contributed by atoms with van der Waals surface area (Å²) in [6.07, 6.45) is 3.47. The summed E-state index contributed by atoms with van der Waals surface area (Å²) < 4.78 is 0. The molecule has 4 heteroatoms. The van der Waals surface area contributed by atoms with Crippen molar-refractivity contribution in [2.24, 2.45) is 0 Å². The van der Waals surface area contributed by atoms with Gasteiger partial charge in [-0.3, -0.25) is 4.79 Å². The summed E-state index contributed by atoms with van der Waals surface area (Å²) in [4.78, 5) is 11.7. The number of carbonyl (C=O) groups is 1. The summed E-state index contributed by atoms with van der Waals surface area (Å²) in [5.74, 6) is 1.13. The molecular formula is C13H20N2OS. The summed E-state index contributed by atoms with van der Waals surface area (Å²) in [5.41, 5.74) is 7.32. The maximum atomic E-state index is 11.7. The van der Waals surface area contributed by atoms with Gasteiger partial charge in [-0.15, -0.1) is 0 Å². The molecule has 0 bridgehead atoms. The molecule has 94 valence electrons. The second-order valence-corrected chi connectivity index (χ2v) is 5.16. The van der Waals surface area contributed by atoms with Gasteiger partial charge in [-0.1, -0.05) is 12.1 Å². The van der Waals surface area contributed by atoms with Crippen LogP contribution < -0.4 is 11.1 Å². The van der Waals surface area contributed by atoms with Crippen LogP contribution in [-0.4, -0.2) is 24.0 Å². The molecule has 1 atom stereocenters. The van der Waals surface area contributed by atoms with Crippen LogP contribution in [0.25, 0.3) is 0 Å². The molecule has 3 nitrogen and oxygen atoms in total. The second kappa shape index (κ2) is 7.22. The Morgan fingerprint density at radius 1 is 1.53 bits per heavy atom. The molecule has 1 amide bonds. The zero-order valence-electron chi connectivity index (χ0n) is 10.4. The van der Waals surface area contributed by atoms with Crippen LogP contribution in [0.15, 0.2) is 24.3 Å². The van der Waals surface area contributed by atoms with E-state index in [2.05, 4.69) is 11.6 Å². The number of nitrogens with one attached hydrogen (secondary N) is 1. The molecule has 0 radical (unpaired) electrons. The molecule has 17 heavy (non-hydrogen) atoms. The van der Waals surface area contributed by atoms with Crippen molar-refractivity contribution >= 4 is 23.4 Å². The largest absolute Gasteiger partial charge is 0.399 e. The van der Waals surface area contributed by atoms with Crippen molar-refractivity contribution in [2.75, 3.05) is 17.7 Å². The van der Waals surface area contributed by atoms with Crippen molar-refractivity contribution in [3.63, 3.8) is 0 Å². The number of carbonyl (C=O) groups excluding carboxylic acids is 1. The molecule has 1 aromatic rings. The highest BCUT2D eigenvalue weighted by atomic mass is 32.2. The van der Waals surface area contributed by atoms with E-state index < -0.39 is 0 Å². The Balaban J connectivity index is 2.39. The Kier molecular flexibility index (Phi) is 5.91. The molecular weight excluding hydrogens is 232 g/mol. The van der Waals surface area contributed by atoms with Crippen LogP contribution in [0, 0.1) is 0 Å². The van der Waals surface area contributed by atoms with Crippen LogP contribution >= 0.6 is 11.8 Å². The molecule has 1 aromatic carbocycles. The van der Waals surface area contributed by atoms with Gasteiger partial charge in [0.05, 0.1) is 6.42 Å². The van der Waals surface area contributed by atoms with Gasteiger partial charge >= 0.3 is 0 Å². The van der Waals surface area contributed by atoms with Gasteiger partial charge in [0.1, 0.15) is 0 Å². The molecule has 0 aliphatic heterocycles. The van der Waals surface area contributed by atoms with E-state index in [4.69, 9.17) is 5.73 Å². The second-order valence-electron chi connectivity index (χ2n) is 4.17. The smallest absolute Gasteiger partial charge is 0.224 e. The number of nitrogen functional groups attached to an aromatic ring is 1. The van der Waals surface area contributed by atoms with Crippen molar-refractivity contribution in [1.29, 1.82) is 0 Å². The Morgan fingerprint density at radius 3 is 2.94 bits per heavy atom. The Morgan fingerprint density at radius 2 is 2.29 bits per heavy atom. The third-order valence-electron chi connectivity index (χ3n) is 2.48. The van der Waals surface area contributed by atoms with Crippen LogP contribution in [0.2, 0.25) is 0 Å². The average molecular weight is 252 g/mol. The minimum Gasteiger partial charge on any atom is -0.399 e. The lowest BCUT2D eigenvalue weighted by molar-refractivity contribution is -0.121. The first kappa shape index (κ1) is 13.9. The van der Waals surface area contributed by atoms with Gasteiger partial charge in [0.2, 0.25) is 5.91 Å². The van der Waals surface area contributed by atoms with Crippen molar-refractivity contribution in [2.45, 2.75) is 25.8 Å². The standard InChI is InChI=1S/C13H20N2OS/c1-10(6-7-17-2)15-13(16)9-11-4-3-5-12(14)8-11/h3-5,8,10H,6-7,9,14H2,1-2H3,(H,15,16). The van der Waals surface area contributed by atoms with E-state index in [1.807, 2.05) is 31.2 Å². The molecule has 3 N–H and O–H groups in total. The molecule has 0 aliphatic carbocycles. The predicted molar refractivity (Wildman–Crippen MR) is 75.2 cm³/mol.